The molecule has 0 aliphatic carbocycles. The summed E-state index contributed by atoms with van der Waals surface area (Å²) >= 11 is 0. The van der Waals surface area contributed by atoms with Gasteiger partial charge in [0.2, 0.25) is 0 Å². The second-order valence-electron chi connectivity index (χ2n) is 14.4. The minimum absolute atomic E-state index is 0.811. The summed E-state index contributed by atoms with van der Waals surface area (Å²) in [4.78, 5) is 2.30. The molecule has 2 heterocycles. The summed E-state index contributed by atoms with van der Waals surface area (Å²) in [5, 5.41) is 4.29. The SMILES string of the molecule is c1ccc(-c2ccccc2-c2ccc(N(c3cccc4c3oc3c(-c5ccccc5)cccc34)c3ccc(-c4ccccc4)c4c3oc3ccccc34)cc2)cc1. The molecular weight excluding hydrogens is 695 g/mol. The number of furan rings is 2. The fourth-order valence-corrected chi connectivity index (χ4v) is 8.48. The standard InChI is InChI=1S/C54H35NO2/c1-4-16-36(17-5-1)41-22-10-11-23-42(41)39-30-32-40(33-31-39)55(48-28-15-27-46-45-26-14-25-44(52(45)57-53(46)48)38-20-8-3-9-21-38)49-35-34-43(37-18-6-2-7-19-37)51-47-24-12-13-29-50(47)56-54(49)51/h1-35H. The van der Waals surface area contributed by atoms with E-state index in [-0.39, 0.29) is 0 Å². The summed E-state index contributed by atoms with van der Waals surface area (Å²) in [6.07, 6.45) is 0. The zero-order valence-electron chi connectivity index (χ0n) is 31.0. The van der Waals surface area contributed by atoms with Crippen LogP contribution in [0.5, 0.6) is 0 Å². The van der Waals surface area contributed by atoms with Gasteiger partial charge >= 0.3 is 0 Å². The van der Waals surface area contributed by atoms with E-state index < -0.39 is 0 Å². The molecule has 9 aromatic carbocycles. The first kappa shape index (κ1) is 32.8. The second-order valence-corrected chi connectivity index (χ2v) is 14.4. The van der Waals surface area contributed by atoms with Gasteiger partial charge in [-0.1, -0.05) is 182 Å². The van der Waals surface area contributed by atoms with Crippen LogP contribution in [0.25, 0.3) is 88.4 Å². The lowest BCUT2D eigenvalue weighted by molar-refractivity contribution is 0.667. The van der Waals surface area contributed by atoms with Crippen LogP contribution in [0, 0.1) is 0 Å². The van der Waals surface area contributed by atoms with Gasteiger partial charge in [0.25, 0.3) is 0 Å². The molecule has 0 N–H and O–H groups in total. The topological polar surface area (TPSA) is 29.5 Å². The van der Waals surface area contributed by atoms with Crippen LogP contribution in [-0.4, -0.2) is 0 Å². The Hall–Kier alpha value is -7.62. The van der Waals surface area contributed by atoms with E-state index in [9.17, 15) is 0 Å². The molecule has 0 atom stereocenters. The van der Waals surface area contributed by atoms with Crippen molar-refractivity contribution in [2.75, 3.05) is 4.90 Å². The van der Waals surface area contributed by atoms with Crippen molar-refractivity contribution in [1.82, 2.24) is 0 Å². The van der Waals surface area contributed by atoms with Gasteiger partial charge in [0.05, 0.1) is 11.4 Å². The molecule has 11 rings (SSSR count). The smallest absolute Gasteiger partial charge is 0.160 e. The van der Waals surface area contributed by atoms with E-state index in [0.29, 0.717) is 0 Å². The molecule has 57 heavy (non-hydrogen) atoms. The number of hydrogen-bond donors (Lipinski definition) is 0. The highest BCUT2D eigenvalue weighted by molar-refractivity contribution is 6.18. The van der Waals surface area contributed by atoms with Crippen LogP contribution in [0.4, 0.5) is 17.1 Å². The Bertz CT molecular complexity index is 3220. The minimum atomic E-state index is 0.811. The maximum atomic E-state index is 7.04. The Morgan fingerprint density at radius 3 is 1.46 bits per heavy atom. The molecular formula is C54H35NO2. The Morgan fingerprint density at radius 1 is 0.281 bits per heavy atom. The van der Waals surface area contributed by atoms with Crippen molar-refractivity contribution in [1.29, 1.82) is 0 Å². The highest BCUT2D eigenvalue weighted by Gasteiger charge is 2.25. The summed E-state index contributed by atoms with van der Waals surface area (Å²) in [6, 6.07) is 74.8. The van der Waals surface area contributed by atoms with Gasteiger partial charge in [-0.05, 0) is 69.3 Å². The van der Waals surface area contributed by atoms with E-state index in [1.54, 1.807) is 0 Å². The third-order valence-corrected chi connectivity index (χ3v) is 11.1. The zero-order chi connectivity index (χ0) is 37.7. The first-order chi connectivity index (χ1) is 28.3. The molecule has 0 bridgehead atoms. The van der Waals surface area contributed by atoms with Crippen LogP contribution in [0.2, 0.25) is 0 Å². The third-order valence-electron chi connectivity index (χ3n) is 11.1. The fraction of sp³-hybridized carbons (Fsp3) is 0. The lowest BCUT2D eigenvalue weighted by Crippen LogP contribution is -2.10. The van der Waals surface area contributed by atoms with Gasteiger partial charge in [-0.25, -0.2) is 0 Å². The maximum absolute atomic E-state index is 7.04. The lowest BCUT2D eigenvalue weighted by atomic mass is 9.94. The van der Waals surface area contributed by atoms with E-state index in [1.165, 1.54) is 16.7 Å². The number of rotatable bonds is 7. The van der Waals surface area contributed by atoms with Gasteiger partial charge in [0, 0.05) is 32.8 Å². The summed E-state index contributed by atoms with van der Waals surface area (Å²) < 4.78 is 13.9. The van der Waals surface area contributed by atoms with Gasteiger partial charge < -0.3 is 13.7 Å². The number of benzene rings is 9. The van der Waals surface area contributed by atoms with Crippen molar-refractivity contribution >= 4 is 60.9 Å². The molecule has 0 aliphatic heterocycles. The first-order valence-electron chi connectivity index (χ1n) is 19.3. The van der Waals surface area contributed by atoms with E-state index in [0.717, 1.165) is 88.8 Å². The number of anilines is 3. The quantitative estimate of drug-likeness (QED) is 0.164. The molecule has 11 aromatic rings. The number of fused-ring (bicyclic) bond motifs is 6. The second kappa shape index (κ2) is 13.6. The number of nitrogens with zero attached hydrogens (tertiary/aromatic N) is 1. The van der Waals surface area contributed by atoms with Crippen LogP contribution in [-0.2, 0) is 0 Å². The molecule has 0 radical (unpaired) electrons. The molecule has 3 nitrogen and oxygen atoms in total. The summed E-state index contributed by atoms with van der Waals surface area (Å²) in [5.74, 6) is 0. The maximum Gasteiger partial charge on any atom is 0.160 e. The van der Waals surface area contributed by atoms with E-state index in [4.69, 9.17) is 8.83 Å². The molecule has 0 fully saturated rings. The average molecular weight is 730 g/mol. The highest BCUT2D eigenvalue weighted by Crippen LogP contribution is 2.49. The van der Waals surface area contributed by atoms with Crippen LogP contribution < -0.4 is 4.90 Å². The average Bonchev–Trinajstić information content (AvgIpc) is 3.88. The largest absolute Gasteiger partial charge is 0.454 e. The van der Waals surface area contributed by atoms with Gasteiger partial charge in [0.15, 0.2) is 11.2 Å². The Balaban J connectivity index is 1.16. The summed E-state index contributed by atoms with van der Waals surface area (Å²) in [6.45, 7) is 0. The van der Waals surface area contributed by atoms with Crippen molar-refractivity contribution in [2.24, 2.45) is 0 Å². The molecule has 0 saturated heterocycles. The van der Waals surface area contributed by atoms with Gasteiger partial charge in [-0.2, -0.15) is 0 Å². The van der Waals surface area contributed by atoms with Crippen LogP contribution >= 0.6 is 0 Å². The molecule has 0 spiro atoms. The zero-order valence-corrected chi connectivity index (χ0v) is 31.0. The number of para-hydroxylation sites is 3. The minimum Gasteiger partial charge on any atom is -0.454 e. The van der Waals surface area contributed by atoms with Crippen molar-refractivity contribution in [3.8, 4) is 44.5 Å². The first-order valence-corrected chi connectivity index (χ1v) is 19.3. The molecule has 268 valence electrons. The molecule has 0 amide bonds. The van der Waals surface area contributed by atoms with Crippen LogP contribution in [0.15, 0.2) is 221 Å². The van der Waals surface area contributed by atoms with Crippen molar-refractivity contribution in [3.63, 3.8) is 0 Å². The fourth-order valence-electron chi connectivity index (χ4n) is 8.48. The Morgan fingerprint density at radius 2 is 0.772 bits per heavy atom. The normalized spacial score (nSPS) is 11.5. The molecule has 3 heteroatoms. The predicted molar refractivity (Wildman–Crippen MR) is 237 cm³/mol. The monoisotopic (exact) mass is 729 g/mol. The lowest BCUT2D eigenvalue weighted by Gasteiger charge is -2.26. The third kappa shape index (κ3) is 5.51. The van der Waals surface area contributed by atoms with Crippen molar-refractivity contribution in [2.45, 2.75) is 0 Å². The van der Waals surface area contributed by atoms with Crippen molar-refractivity contribution in [3.05, 3.63) is 212 Å². The predicted octanol–water partition coefficient (Wildman–Crippen LogP) is 15.6. The Labute approximate surface area is 330 Å². The van der Waals surface area contributed by atoms with Gasteiger partial charge in [0.1, 0.15) is 11.2 Å². The summed E-state index contributed by atoms with van der Waals surface area (Å²) in [5.41, 5.74) is 15.3. The van der Waals surface area contributed by atoms with Gasteiger partial charge in [-0.15, -0.1) is 0 Å². The summed E-state index contributed by atoms with van der Waals surface area (Å²) in [7, 11) is 0. The highest BCUT2D eigenvalue weighted by atomic mass is 16.3. The van der Waals surface area contributed by atoms with Crippen LogP contribution in [0.3, 0.4) is 0 Å². The Kier molecular flexibility index (Phi) is 7.82. The van der Waals surface area contributed by atoms with Crippen molar-refractivity contribution < 1.29 is 8.83 Å². The molecule has 0 aliphatic rings. The molecule has 0 saturated carbocycles. The van der Waals surface area contributed by atoms with Crippen LogP contribution in [0.1, 0.15) is 0 Å². The number of hydrogen-bond acceptors (Lipinski definition) is 3. The molecule has 0 unspecified atom stereocenters. The van der Waals surface area contributed by atoms with E-state index >= 15 is 0 Å². The molecule has 2 aromatic heterocycles. The van der Waals surface area contributed by atoms with E-state index in [2.05, 4.69) is 205 Å². The van der Waals surface area contributed by atoms with Gasteiger partial charge in [-0.3, -0.25) is 0 Å². The van der Waals surface area contributed by atoms with E-state index in [1.807, 2.05) is 12.1 Å².